The zero-order valence-electron chi connectivity index (χ0n) is 18.7. The highest BCUT2D eigenvalue weighted by Gasteiger charge is 2.10. The number of nitrogens with zero attached hydrogens (tertiary/aromatic N) is 1. The fourth-order valence-corrected chi connectivity index (χ4v) is 3.30. The van der Waals surface area contributed by atoms with Crippen LogP contribution in [0, 0.1) is 0 Å². The Kier molecular flexibility index (Phi) is 9.78. The van der Waals surface area contributed by atoms with Gasteiger partial charge in [-0.3, -0.25) is 9.59 Å². The molecule has 35 heavy (non-hydrogen) atoms. The number of hydrogen-bond donors (Lipinski definition) is 2. The predicted octanol–water partition coefficient (Wildman–Crippen LogP) is 6.10. The van der Waals surface area contributed by atoms with Crippen molar-refractivity contribution in [3.8, 4) is 11.5 Å². The van der Waals surface area contributed by atoms with Crippen molar-refractivity contribution >= 4 is 58.5 Å². The minimum Gasteiger partial charge on any atom is -0.490 e. The van der Waals surface area contributed by atoms with Crippen LogP contribution in [0.5, 0.6) is 11.5 Å². The summed E-state index contributed by atoms with van der Waals surface area (Å²) in [6.45, 7) is 2.67. The summed E-state index contributed by atoms with van der Waals surface area (Å²) in [5.41, 5.74) is 4.40. The number of rotatable bonds is 10. The van der Waals surface area contributed by atoms with Crippen LogP contribution in [0.3, 0.4) is 0 Å². The Morgan fingerprint density at radius 2 is 1.66 bits per heavy atom. The van der Waals surface area contributed by atoms with Crippen LogP contribution >= 0.6 is 34.8 Å². The molecule has 0 spiro atoms. The second kappa shape index (κ2) is 13.0. The Bertz CT molecular complexity index is 1220. The molecule has 182 valence electrons. The first kappa shape index (κ1) is 26.3. The lowest BCUT2D eigenvalue weighted by Crippen LogP contribution is -2.24. The van der Waals surface area contributed by atoms with Crippen LogP contribution in [0.15, 0.2) is 65.8 Å². The van der Waals surface area contributed by atoms with E-state index in [1.807, 2.05) is 19.1 Å². The van der Waals surface area contributed by atoms with Gasteiger partial charge in [-0.15, -0.1) is 0 Å². The topological polar surface area (TPSA) is 89.0 Å². The smallest absolute Gasteiger partial charge is 0.249 e. The number of hydrazone groups is 1. The van der Waals surface area contributed by atoms with Gasteiger partial charge in [0.05, 0.1) is 22.9 Å². The fourth-order valence-electron chi connectivity index (χ4n) is 2.88. The van der Waals surface area contributed by atoms with Crippen molar-refractivity contribution in [1.82, 2.24) is 5.43 Å². The van der Waals surface area contributed by atoms with Gasteiger partial charge < -0.3 is 14.8 Å². The number of ether oxygens (including phenoxy) is 2. The summed E-state index contributed by atoms with van der Waals surface area (Å²) in [5, 5.41) is 7.80. The van der Waals surface area contributed by atoms with Gasteiger partial charge in [-0.1, -0.05) is 46.9 Å². The van der Waals surface area contributed by atoms with Gasteiger partial charge >= 0.3 is 0 Å². The van der Waals surface area contributed by atoms with Crippen LogP contribution in [-0.4, -0.2) is 24.6 Å². The van der Waals surface area contributed by atoms with Gasteiger partial charge in [0.15, 0.2) is 11.5 Å². The third kappa shape index (κ3) is 8.47. The van der Waals surface area contributed by atoms with E-state index in [0.717, 1.165) is 5.56 Å². The highest BCUT2D eigenvalue weighted by molar-refractivity contribution is 6.42. The Morgan fingerprint density at radius 1 is 0.886 bits per heavy atom. The molecule has 0 bridgehead atoms. The number of benzene rings is 3. The van der Waals surface area contributed by atoms with Crippen molar-refractivity contribution in [2.24, 2.45) is 5.10 Å². The van der Waals surface area contributed by atoms with Crippen LogP contribution in [0.4, 0.5) is 5.69 Å². The molecule has 0 aliphatic carbocycles. The number of carbonyl (C=O) groups excluding carboxylic acids is 2. The summed E-state index contributed by atoms with van der Waals surface area (Å²) < 4.78 is 11.5. The molecule has 3 rings (SSSR count). The first-order valence-electron chi connectivity index (χ1n) is 10.5. The van der Waals surface area contributed by atoms with Crippen molar-refractivity contribution in [1.29, 1.82) is 0 Å². The quantitative estimate of drug-likeness (QED) is 0.187. The lowest BCUT2D eigenvalue weighted by molar-refractivity contribution is -0.126. The Hall–Kier alpha value is -3.26. The molecule has 0 aliphatic rings. The standard InChI is InChI=1S/C25H22Cl3N3O4/c1-2-34-23-11-17(5-10-22(23)35-15-16-3-6-18(26)7-4-16)14-29-31-25(33)13-24(32)30-19-8-9-20(27)21(28)12-19/h3-12,14H,2,13,15H2,1H3,(H,30,32)(H,31,33)/b29-14+. The van der Waals surface area contributed by atoms with Gasteiger partial charge in [-0.25, -0.2) is 5.43 Å². The molecule has 2 amide bonds. The summed E-state index contributed by atoms with van der Waals surface area (Å²) >= 11 is 17.7. The summed E-state index contributed by atoms with van der Waals surface area (Å²) in [7, 11) is 0. The molecule has 0 saturated carbocycles. The molecule has 2 N–H and O–H groups in total. The number of halogens is 3. The third-order valence-corrected chi connectivity index (χ3v) is 5.49. The molecule has 0 atom stereocenters. The molecule has 10 heteroatoms. The van der Waals surface area contributed by atoms with Gasteiger partial charge in [-0.05, 0) is 66.6 Å². The average molecular weight is 535 g/mol. The van der Waals surface area contributed by atoms with Crippen LogP contribution in [0.2, 0.25) is 15.1 Å². The lowest BCUT2D eigenvalue weighted by Gasteiger charge is -2.12. The molecule has 0 aromatic heterocycles. The molecule has 0 saturated heterocycles. The van der Waals surface area contributed by atoms with Crippen molar-refractivity contribution in [2.45, 2.75) is 20.0 Å². The monoisotopic (exact) mass is 533 g/mol. The highest BCUT2D eigenvalue weighted by atomic mass is 35.5. The summed E-state index contributed by atoms with van der Waals surface area (Å²) in [5.74, 6) is 0.0170. The van der Waals surface area contributed by atoms with E-state index in [0.29, 0.717) is 51.0 Å². The Morgan fingerprint density at radius 3 is 2.37 bits per heavy atom. The number of anilines is 1. The van der Waals surface area contributed by atoms with Crippen LogP contribution in [0.1, 0.15) is 24.5 Å². The fraction of sp³-hybridized carbons (Fsp3) is 0.160. The van der Waals surface area contributed by atoms with Crippen molar-refractivity contribution in [2.75, 3.05) is 11.9 Å². The maximum atomic E-state index is 12.1. The van der Waals surface area contributed by atoms with Crippen molar-refractivity contribution in [3.05, 3.63) is 86.9 Å². The maximum Gasteiger partial charge on any atom is 0.249 e. The largest absolute Gasteiger partial charge is 0.490 e. The van der Waals surface area contributed by atoms with E-state index in [-0.39, 0.29) is 0 Å². The van der Waals surface area contributed by atoms with E-state index in [9.17, 15) is 9.59 Å². The molecule has 7 nitrogen and oxygen atoms in total. The second-order valence-electron chi connectivity index (χ2n) is 7.20. The van der Waals surface area contributed by atoms with E-state index in [1.54, 1.807) is 42.5 Å². The zero-order chi connectivity index (χ0) is 25.2. The number of carbonyl (C=O) groups is 2. The molecule has 0 heterocycles. The van der Waals surface area contributed by atoms with Crippen LogP contribution in [0.25, 0.3) is 0 Å². The number of amides is 2. The summed E-state index contributed by atoms with van der Waals surface area (Å²) in [6, 6.07) is 17.3. The zero-order valence-corrected chi connectivity index (χ0v) is 21.0. The highest BCUT2D eigenvalue weighted by Crippen LogP contribution is 2.29. The van der Waals surface area contributed by atoms with Gasteiger partial charge in [0.1, 0.15) is 13.0 Å². The van der Waals surface area contributed by atoms with E-state index >= 15 is 0 Å². The summed E-state index contributed by atoms with van der Waals surface area (Å²) in [6.07, 6.45) is 1.03. The molecule has 3 aromatic carbocycles. The van der Waals surface area contributed by atoms with Crippen molar-refractivity contribution in [3.63, 3.8) is 0 Å². The van der Waals surface area contributed by atoms with Gasteiger partial charge in [0.25, 0.3) is 0 Å². The molecular formula is C25H22Cl3N3O4. The van der Waals surface area contributed by atoms with Crippen LogP contribution in [-0.2, 0) is 16.2 Å². The number of hydrogen-bond acceptors (Lipinski definition) is 5. The molecule has 3 aromatic rings. The molecule has 0 radical (unpaired) electrons. The lowest BCUT2D eigenvalue weighted by atomic mass is 10.2. The second-order valence-corrected chi connectivity index (χ2v) is 8.45. The third-order valence-electron chi connectivity index (χ3n) is 4.50. The first-order chi connectivity index (χ1) is 16.8. The normalized spacial score (nSPS) is 10.7. The molecule has 0 aliphatic heterocycles. The SMILES string of the molecule is CCOc1cc(/C=N/NC(=O)CC(=O)Nc2ccc(Cl)c(Cl)c2)ccc1OCc1ccc(Cl)cc1. The van der Waals surface area contributed by atoms with Gasteiger partial charge in [-0.2, -0.15) is 5.10 Å². The molecular weight excluding hydrogens is 513 g/mol. The average Bonchev–Trinajstić information content (AvgIpc) is 2.82. The molecule has 0 fully saturated rings. The van der Waals surface area contributed by atoms with Gasteiger partial charge in [0.2, 0.25) is 11.8 Å². The Labute approximate surface area is 218 Å². The van der Waals surface area contributed by atoms with E-state index in [4.69, 9.17) is 44.3 Å². The van der Waals surface area contributed by atoms with Crippen LogP contribution < -0.4 is 20.2 Å². The molecule has 0 unspecified atom stereocenters. The number of nitrogens with one attached hydrogen (secondary N) is 2. The first-order valence-corrected chi connectivity index (χ1v) is 11.7. The minimum atomic E-state index is -0.577. The van der Waals surface area contributed by atoms with Gasteiger partial charge in [0, 0.05) is 10.7 Å². The van der Waals surface area contributed by atoms with E-state index in [2.05, 4.69) is 15.8 Å². The van der Waals surface area contributed by atoms with E-state index < -0.39 is 18.2 Å². The maximum absolute atomic E-state index is 12.1. The van der Waals surface area contributed by atoms with E-state index in [1.165, 1.54) is 12.3 Å². The van der Waals surface area contributed by atoms with Crippen molar-refractivity contribution < 1.29 is 19.1 Å². The minimum absolute atomic E-state index is 0.298. The summed E-state index contributed by atoms with van der Waals surface area (Å²) in [4.78, 5) is 24.1. The predicted molar refractivity (Wildman–Crippen MR) is 139 cm³/mol. The Balaban J connectivity index is 1.53.